The number of alkyl halides is 1. The predicted octanol–water partition coefficient (Wildman–Crippen LogP) is 2.80. The maximum Gasteiger partial charge on any atom is 0.220 e. The molecule has 1 fully saturated rings. The minimum atomic E-state index is 0.171. The van der Waals surface area contributed by atoms with E-state index in [2.05, 4.69) is 12.2 Å². The van der Waals surface area contributed by atoms with Crippen LogP contribution >= 0.6 is 23.4 Å². The Labute approximate surface area is 102 Å². The number of amides is 1. The molecular formula is C11H20ClNOS. The Kier molecular flexibility index (Phi) is 6.50. The monoisotopic (exact) mass is 249 g/mol. The lowest BCUT2D eigenvalue weighted by molar-refractivity contribution is -0.121. The van der Waals surface area contributed by atoms with Crippen molar-refractivity contribution in [2.45, 2.75) is 50.3 Å². The summed E-state index contributed by atoms with van der Waals surface area (Å²) in [6.07, 6.45) is 5.00. The van der Waals surface area contributed by atoms with Crippen molar-refractivity contribution in [3.8, 4) is 0 Å². The highest BCUT2D eigenvalue weighted by atomic mass is 35.5. The van der Waals surface area contributed by atoms with Crippen molar-refractivity contribution >= 4 is 29.3 Å². The van der Waals surface area contributed by atoms with Crippen LogP contribution in [-0.2, 0) is 4.79 Å². The van der Waals surface area contributed by atoms with Gasteiger partial charge in [0.2, 0.25) is 5.91 Å². The van der Waals surface area contributed by atoms with Gasteiger partial charge in [-0.15, -0.1) is 11.6 Å². The Morgan fingerprint density at radius 2 is 2.33 bits per heavy atom. The number of hydrogen-bond donors (Lipinski definition) is 1. The van der Waals surface area contributed by atoms with Gasteiger partial charge in [-0.05, 0) is 25.0 Å². The Morgan fingerprint density at radius 3 is 3.00 bits per heavy atom. The quantitative estimate of drug-likeness (QED) is 0.734. The molecule has 1 saturated carbocycles. The molecule has 0 aromatic carbocycles. The van der Waals surface area contributed by atoms with Gasteiger partial charge < -0.3 is 5.32 Å². The summed E-state index contributed by atoms with van der Waals surface area (Å²) in [7, 11) is 0. The summed E-state index contributed by atoms with van der Waals surface area (Å²) in [5.74, 6) is 1.88. The van der Waals surface area contributed by atoms with E-state index >= 15 is 0 Å². The van der Waals surface area contributed by atoms with Crippen molar-refractivity contribution in [2.24, 2.45) is 0 Å². The van der Waals surface area contributed by atoms with Crippen LogP contribution in [-0.4, -0.2) is 28.8 Å². The molecule has 0 heterocycles. The Morgan fingerprint density at radius 1 is 1.53 bits per heavy atom. The second kappa shape index (κ2) is 7.39. The molecule has 0 saturated heterocycles. The SMILES string of the molecule is CCSC1CCCC1NC(=O)CCCCl. The number of nitrogens with one attached hydrogen (secondary N) is 1. The first-order valence-electron chi connectivity index (χ1n) is 5.74. The van der Waals surface area contributed by atoms with Crippen molar-refractivity contribution in [3.63, 3.8) is 0 Å². The highest BCUT2D eigenvalue weighted by Gasteiger charge is 2.27. The summed E-state index contributed by atoms with van der Waals surface area (Å²) < 4.78 is 0. The van der Waals surface area contributed by atoms with Crippen molar-refractivity contribution in [3.05, 3.63) is 0 Å². The zero-order valence-corrected chi connectivity index (χ0v) is 10.9. The molecule has 0 bridgehead atoms. The van der Waals surface area contributed by atoms with Crippen molar-refractivity contribution in [2.75, 3.05) is 11.6 Å². The molecule has 4 heteroatoms. The van der Waals surface area contributed by atoms with E-state index in [4.69, 9.17) is 11.6 Å². The Balaban J connectivity index is 2.26. The largest absolute Gasteiger partial charge is 0.352 e. The van der Waals surface area contributed by atoms with Crippen LogP contribution in [0.1, 0.15) is 39.0 Å². The van der Waals surface area contributed by atoms with Gasteiger partial charge in [0.15, 0.2) is 0 Å². The highest BCUT2D eigenvalue weighted by molar-refractivity contribution is 7.99. The summed E-state index contributed by atoms with van der Waals surface area (Å²) in [4.78, 5) is 11.5. The van der Waals surface area contributed by atoms with Gasteiger partial charge in [0.05, 0.1) is 0 Å². The second-order valence-electron chi connectivity index (χ2n) is 3.89. The van der Waals surface area contributed by atoms with Crippen molar-refractivity contribution < 1.29 is 4.79 Å². The summed E-state index contributed by atoms with van der Waals surface area (Å²) >= 11 is 7.53. The fraction of sp³-hybridized carbons (Fsp3) is 0.909. The molecule has 0 aromatic rings. The van der Waals surface area contributed by atoms with Crippen LogP contribution in [0.25, 0.3) is 0 Å². The number of rotatable bonds is 6. The topological polar surface area (TPSA) is 29.1 Å². The second-order valence-corrected chi connectivity index (χ2v) is 5.79. The maximum absolute atomic E-state index is 11.5. The van der Waals surface area contributed by atoms with E-state index in [0.717, 1.165) is 18.6 Å². The van der Waals surface area contributed by atoms with E-state index in [1.165, 1.54) is 12.8 Å². The molecule has 1 aliphatic carbocycles. The van der Waals surface area contributed by atoms with Gasteiger partial charge in [-0.25, -0.2) is 0 Å². The van der Waals surface area contributed by atoms with Crippen LogP contribution in [0, 0.1) is 0 Å². The average molecular weight is 250 g/mol. The minimum Gasteiger partial charge on any atom is -0.352 e. The van der Waals surface area contributed by atoms with Crippen LogP contribution in [0.2, 0.25) is 0 Å². The van der Waals surface area contributed by atoms with Gasteiger partial charge in [-0.3, -0.25) is 4.79 Å². The normalized spacial score (nSPS) is 25.5. The Hall–Kier alpha value is 0.110. The smallest absolute Gasteiger partial charge is 0.220 e. The molecule has 0 aromatic heterocycles. The number of halogens is 1. The molecule has 2 atom stereocenters. The lowest BCUT2D eigenvalue weighted by Crippen LogP contribution is -2.38. The first kappa shape index (κ1) is 13.2. The first-order valence-corrected chi connectivity index (χ1v) is 7.33. The lowest BCUT2D eigenvalue weighted by Gasteiger charge is -2.19. The van der Waals surface area contributed by atoms with Crippen molar-refractivity contribution in [1.29, 1.82) is 0 Å². The van der Waals surface area contributed by atoms with E-state index < -0.39 is 0 Å². The van der Waals surface area contributed by atoms with Gasteiger partial charge >= 0.3 is 0 Å². The Bertz CT molecular complexity index is 201. The third-order valence-electron chi connectivity index (χ3n) is 2.72. The molecule has 1 aliphatic rings. The van der Waals surface area contributed by atoms with Gasteiger partial charge in [-0.1, -0.05) is 13.3 Å². The third kappa shape index (κ3) is 4.64. The molecule has 2 unspecified atom stereocenters. The van der Waals surface area contributed by atoms with E-state index in [9.17, 15) is 4.79 Å². The van der Waals surface area contributed by atoms with E-state index in [-0.39, 0.29) is 5.91 Å². The number of hydrogen-bond acceptors (Lipinski definition) is 2. The minimum absolute atomic E-state index is 0.171. The predicted molar refractivity (Wildman–Crippen MR) is 67.7 cm³/mol. The van der Waals surface area contributed by atoms with Gasteiger partial charge in [0.1, 0.15) is 0 Å². The van der Waals surface area contributed by atoms with Crippen LogP contribution in [0.15, 0.2) is 0 Å². The van der Waals surface area contributed by atoms with E-state index in [0.29, 0.717) is 23.6 Å². The van der Waals surface area contributed by atoms with Crippen LogP contribution < -0.4 is 5.32 Å². The van der Waals surface area contributed by atoms with Gasteiger partial charge in [0, 0.05) is 23.6 Å². The fourth-order valence-corrected chi connectivity index (χ4v) is 3.34. The van der Waals surface area contributed by atoms with Crippen molar-refractivity contribution in [1.82, 2.24) is 5.32 Å². The number of carbonyl (C=O) groups is 1. The molecule has 1 amide bonds. The molecule has 0 aliphatic heterocycles. The van der Waals surface area contributed by atoms with E-state index in [1.807, 2.05) is 11.8 Å². The van der Waals surface area contributed by atoms with Crippen LogP contribution in [0.3, 0.4) is 0 Å². The molecule has 0 radical (unpaired) electrons. The molecule has 88 valence electrons. The molecule has 15 heavy (non-hydrogen) atoms. The summed E-state index contributed by atoms with van der Waals surface area (Å²) in [6.45, 7) is 2.18. The zero-order chi connectivity index (χ0) is 11.1. The summed E-state index contributed by atoms with van der Waals surface area (Å²) in [5.41, 5.74) is 0. The maximum atomic E-state index is 11.5. The molecule has 0 spiro atoms. The van der Waals surface area contributed by atoms with Gasteiger partial charge in [0.25, 0.3) is 0 Å². The average Bonchev–Trinajstić information content (AvgIpc) is 2.63. The third-order valence-corrected chi connectivity index (χ3v) is 4.31. The summed E-state index contributed by atoms with van der Waals surface area (Å²) in [6, 6.07) is 0.401. The fourth-order valence-electron chi connectivity index (χ4n) is 2.01. The number of carbonyl (C=O) groups excluding carboxylic acids is 1. The molecular weight excluding hydrogens is 230 g/mol. The van der Waals surface area contributed by atoms with Gasteiger partial charge in [-0.2, -0.15) is 11.8 Å². The molecule has 1 rings (SSSR count). The highest BCUT2D eigenvalue weighted by Crippen LogP contribution is 2.29. The van der Waals surface area contributed by atoms with Crippen LogP contribution in [0.5, 0.6) is 0 Å². The lowest BCUT2D eigenvalue weighted by atomic mass is 10.2. The van der Waals surface area contributed by atoms with E-state index in [1.54, 1.807) is 0 Å². The summed E-state index contributed by atoms with van der Waals surface area (Å²) in [5, 5.41) is 3.76. The standard InChI is InChI=1S/C11H20ClNOS/c1-2-15-10-6-3-5-9(10)13-11(14)7-4-8-12/h9-10H,2-8H2,1H3,(H,13,14). The number of thioether (sulfide) groups is 1. The van der Waals surface area contributed by atoms with Crippen LogP contribution in [0.4, 0.5) is 0 Å². The zero-order valence-electron chi connectivity index (χ0n) is 9.30. The molecule has 2 nitrogen and oxygen atoms in total. The molecule has 1 N–H and O–H groups in total. The first-order chi connectivity index (χ1) is 7.27.